The van der Waals surface area contributed by atoms with Gasteiger partial charge in [-0.25, -0.2) is 0 Å². The maximum atomic E-state index is 10.2. The van der Waals surface area contributed by atoms with Crippen molar-refractivity contribution in [3.63, 3.8) is 0 Å². The summed E-state index contributed by atoms with van der Waals surface area (Å²) in [6.07, 6.45) is 1.39. The molecule has 1 heteroatoms. The highest BCUT2D eigenvalue weighted by atomic mass is 16.3. The molecule has 0 bridgehead atoms. The molecule has 2 unspecified atom stereocenters. The Balaban J connectivity index is 1.95. The normalized spacial score (nSPS) is 21.1. The van der Waals surface area contributed by atoms with Crippen molar-refractivity contribution in [1.82, 2.24) is 0 Å². The van der Waals surface area contributed by atoms with Gasteiger partial charge in [0.1, 0.15) is 0 Å². The second-order valence-corrected chi connectivity index (χ2v) is 4.92. The lowest BCUT2D eigenvalue weighted by Crippen LogP contribution is -2.24. The highest BCUT2D eigenvalue weighted by molar-refractivity contribution is 5.42. The molecule has 0 saturated heterocycles. The highest BCUT2D eigenvalue weighted by Gasteiger charge is 2.26. The van der Waals surface area contributed by atoms with Crippen molar-refractivity contribution < 1.29 is 5.11 Å². The summed E-state index contributed by atoms with van der Waals surface area (Å²) in [6, 6.07) is 18.2. The smallest absolute Gasteiger partial charge is 0.0722 e. The molecule has 1 N–H and O–H groups in total. The Morgan fingerprint density at radius 3 is 2.53 bits per heavy atom. The van der Waals surface area contributed by atoms with E-state index in [0.717, 1.165) is 18.4 Å². The fraction of sp³-hybridized carbons (Fsp3) is 0.222. The fourth-order valence-corrected chi connectivity index (χ4v) is 2.60. The number of fused-ring (bicyclic) bond motifs is 1. The van der Waals surface area contributed by atoms with Crippen LogP contribution in [0.4, 0.5) is 0 Å². The maximum absolute atomic E-state index is 10.2. The Labute approximate surface area is 113 Å². The van der Waals surface area contributed by atoms with Gasteiger partial charge in [0.2, 0.25) is 0 Å². The first-order chi connectivity index (χ1) is 9.34. The SMILES string of the molecule is OC1CCc2ccccc2C1C#Cc1ccccc1. The molecule has 0 aliphatic heterocycles. The van der Waals surface area contributed by atoms with E-state index in [1.165, 1.54) is 11.1 Å². The van der Waals surface area contributed by atoms with Gasteiger partial charge in [0.25, 0.3) is 0 Å². The molecule has 0 aromatic heterocycles. The van der Waals surface area contributed by atoms with Crippen LogP contribution >= 0.6 is 0 Å². The number of rotatable bonds is 0. The standard InChI is InChI=1S/C18H16O/c19-18-13-11-15-8-4-5-9-16(15)17(18)12-10-14-6-2-1-3-7-14/h1-9,17-19H,11,13H2. The number of aliphatic hydroxyl groups is 1. The van der Waals surface area contributed by atoms with Gasteiger partial charge in [-0.15, -0.1) is 0 Å². The van der Waals surface area contributed by atoms with Gasteiger partial charge >= 0.3 is 0 Å². The maximum Gasteiger partial charge on any atom is 0.0722 e. The topological polar surface area (TPSA) is 20.2 Å². The average Bonchev–Trinajstić information content (AvgIpc) is 2.47. The van der Waals surface area contributed by atoms with Gasteiger partial charge in [0.05, 0.1) is 12.0 Å². The summed E-state index contributed by atoms with van der Waals surface area (Å²) in [5.74, 6) is 6.35. The first-order valence-electron chi connectivity index (χ1n) is 6.67. The van der Waals surface area contributed by atoms with Gasteiger partial charge in [0, 0.05) is 5.56 Å². The zero-order chi connectivity index (χ0) is 13.1. The molecule has 2 aromatic carbocycles. The molecule has 0 saturated carbocycles. The molecule has 0 amide bonds. The van der Waals surface area contributed by atoms with Crippen LogP contribution in [0.15, 0.2) is 54.6 Å². The number of benzene rings is 2. The van der Waals surface area contributed by atoms with Crippen LogP contribution in [0.5, 0.6) is 0 Å². The molecular formula is C18H16O. The Kier molecular flexibility index (Phi) is 3.35. The van der Waals surface area contributed by atoms with Crippen LogP contribution in [0.25, 0.3) is 0 Å². The third kappa shape index (κ3) is 2.54. The Hall–Kier alpha value is -2.04. The summed E-state index contributed by atoms with van der Waals surface area (Å²) >= 11 is 0. The summed E-state index contributed by atoms with van der Waals surface area (Å²) in [6.45, 7) is 0. The molecule has 2 atom stereocenters. The van der Waals surface area contributed by atoms with Crippen molar-refractivity contribution in [3.05, 3.63) is 71.3 Å². The molecule has 1 nitrogen and oxygen atoms in total. The molecular weight excluding hydrogens is 232 g/mol. The van der Waals surface area contributed by atoms with E-state index in [0.29, 0.717) is 0 Å². The average molecular weight is 248 g/mol. The van der Waals surface area contributed by atoms with Crippen molar-refractivity contribution in [2.75, 3.05) is 0 Å². The Morgan fingerprint density at radius 1 is 0.947 bits per heavy atom. The Bertz CT molecular complexity index is 619. The van der Waals surface area contributed by atoms with Crippen LogP contribution in [-0.4, -0.2) is 11.2 Å². The molecule has 3 rings (SSSR count). The third-order valence-corrected chi connectivity index (χ3v) is 3.63. The Morgan fingerprint density at radius 2 is 1.68 bits per heavy atom. The zero-order valence-electron chi connectivity index (χ0n) is 10.7. The van der Waals surface area contributed by atoms with Crippen LogP contribution in [0.2, 0.25) is 0 Å². The van der Waals surface area contributed by atoms with E-state index in [9.17, 15) is 5.11 Å². The lowest BCUT2D eigenvalue weighted by Gasteiger charge is -2.26. The van der Waals surface area contributed by atoms with E-state index in [1.807, 2.05) is 36.4 Å². The summed E-state index contributed by atoms with van der Waals surface area (Å²) in [4.78, 5) is 0. The molecule has 19 heavy (non-hydrogen) atoms. The minimum absolute atomic E-state index is 0.0647. The van der Waals surface area contributed by atoms with Crippen LogP contribution in [0.1, 0.15) is 29.0 Å². The molecule has 94 valence electrons. The van der Waals surface area contributed by atoms with Crippen LogP contribution < -0.4 is 0 Å². The number of aliphatic hydroxyl groups excluding tert-OH is 1. The minimum atomic E-state index is -0.355. The van der Waals surface area contributed by atoms with Gasteiger partial charge in [-0.2, -0.15) is 0 Å². The van der Waals surface area contributed by atoms with Crippen LogP contribution in [0, 0.1) is 11.8 Å². The summed E-state index contributed by atoms with van der Waals surface area (Å²) in [7, 11) is 0. The van der Waals surface area contributed by atoms with Gasteiger partial charge in [0.15, 0.2) is 0 Å². The summed E-state index contributed by atoms with van der Waals surface area (Å²) in [5.41, 5.74) is 3.50. The van der Waals surface area contributed by atoms with Crippen LogP contribution in [-0.2, 0) is 6.42 Å². The second-order valence-electron chi connectivity index (χ2n) is 4.92. The molecule has 1 aliphatic rings. The molecule has 0 fully saturated rings. The quantitative estimate of drug-likeness (QED) is 0.710. The van der Waals surface area contributed by atoms with E-state index in [4.69, 9.17) is 0 Å². The number of aryl methyl sites for hydroxylation is 1. The first-order valence-corrected chi connectivity index (χ1v) is 6.67. The first kappa shape index (κ1) is 12.0. The van der Waals surface area contributed by atoms with E-state index >= 15 is 0 Å². The molecule has 0 spiro atoms. The molecule has 1 aliphatic carbocycles. The van der Waals surface area contributed by atoms with E-state index in [1.54, 1.807) is 0 Å². The lowest BCUT2D eigenvalue weighted by molar-refractivity contribution is 0.145. The van der Waals surface area contributed by atoms with E-state index in [2.05, 4.69) is 30.0 Å². The number of hydrogen-bond acceptors (Lipinski definition) is 1. The molecule has 2 aromatic rings. The largest absolute Gasteiger partial charge is 0.391 e. The van der Waals surface area contributed by atoms with Gasteiger partial charge in [-0.1, -0.05) is 54.3 Å². The van der Waals surface area contributed by atoms with Crippen molar-refractivity contribution in [3.8, 4) is 11.8 Å². The van der Waals surface area contributed by atoms with Gasteiger partial charge in [-0.3, -0.25) is 0 Å². The minimum Gasteiger partial charge on any atom is -0.391 e. The van der Waals surface area contributed by atoms with Gasteiger partial charge in [-0.05, 0) is 36.1 Å². The van der Waals surface area contributed by atoms with Crippen molar-refractivity contribution in [2.24, 2.45) is 0 Å². The molecule has 0 radical (unpaired) electrons. The summed E-state index contributed by atoms with van der Waals surface area (Å²) in [5, 5.41) is 10.2. The van der Waals surface area contributed by atoms with E-state index < -0.39 is 0 Å². The lowest BCUT2D eigenvalue weighted by atomic mass is 9.81. The van der Waals surface area contributed by atoms with Crippen LogP contribution in [0.3, 0.4) is 0 Å². The zero-order valence-corrected chi connectivity index (χ0v) is 10.7. The second kappa shape index (κ2) is 5.30. The monoisotopic (exact) mass is 248 g/mol. The predicted octanol–water partition coefficient (Wildman–Crippen LogP) is 3.13. The van der Waals surface area contributed by atoms with E-state index in [-0.39, 0.29) is 12.0 Å². The van der Waals surface area contributed by atoms with Gasteiger partial charge < -0.3 is 5.11 Å². The summed E-state index contributed by atoms with van der Waals surface area (Å²) < 4.78 is 0. The highest BCUT2D eigenvalue weighted by Crippen LogP contribution is 2.31. The third-order valence-electron chi connectivity index (χ3n) is 3.63. The number of hydrogen-bond donors (Lipinski definition) is 1. The van der Waals surface area contributed by atoms with Crippen molar-refractivity contribution >= 4 is 0 Å². The van der Waals surface area contributed by atoms with Crippen molar-refractivity contribution in [1.29, 1.82) is 0 Å². The predicted molar refractivity (Wildman–Crippen MR) is 76.8 cm³/mol. The fourth-order valence-electron chi connectivity index (χ4n) is 2.60. The van der Waals surface area contributed by atoms with Crippen molar-refractivity contribution in [2.45, 2.75) is 24.9 Å². The molecule has 0 heterocycles.